The van der Waals surface area contributed by atoms with Gasteiger partial charge in [0.15, 0.2) is 23.0 Å². The lowest BCUT2D eigenvalue weighted by Crippen LogP contribution is -2.61. The average molecular weight is 889 g/mol. The Balaban J connectivity index is 1.30. The Hall–Kier alpha value is -5.79. The van der Waals surface area contributed by atoms with Crippen molar-refractivity contribution in [2.24, 2.45) is 0 Å². The molecule has 12 N–H and O–H groups in total. The average Bonchev–Trinajstić information content (AvgIpc) is 3.66. The van der Waals surface area contributed by atoms with E-state index < -0.39 is 156 Å². The molecule has 22 heteroatoms. The number of esters is 1. The molecule has 340 valence electrons. The van der Waals surface area contributed by atoms with Crippen LogP contribution in [0.25, 0.3) is 21.9 Å². The van der Waals surface area contributed by atoms with Crippen LogP contribution in [0.1, 0.15) is 41.2 Å². The summed E-state index contributed by atoms with van der Waals surface area (Å²) in [5.41, 5.74) is -3.07. The van der Waals surface area contributed by atoms with Crippen LogP contribution < -0.4 is 14.9 Å². The smallest absolute Gasteiger partial charge is 0.336 e. The van der Waals surface area contributed by atoms with Gasteiger partial charge in [0, 0.05) is 24.3 Å². The lowest BCUT2D eigenvalue weighted by molar-refractivity contribution is -0.288. The fourth-order valence-electron chi connectivity index (χ4n) is 8.11. The highest BCUT2D eigenvalue weighted by Crippen LogP contribution is 2.54. The summed E-state index contributed by atoms with van der Waals surface area (Å²) >= 11 is 0. The number of fused-ring (bicyclic) bond motifs is 4. The first-order valence-electron chi connectivity index (χ1n) is 19.4. The van der Waals surface area contributed by atoms with Gasteiger partial charge in [0.25, 0.3) is 0 Å². The van der Waals surface area contributed by atoms with Crippen molar-refractivity contribution >= 4 is 33.9 Å². The number of phenols is 4. The number of benzene rings is 3. The van der Waals surface area contributed by atoms with Gasteiger partial charge in [-0.1, -0.05) is 12.1 Å². The topological polar surface area (TPSA) is 362 Å². The third-order valence-corrected chi connectivity index (χ3v) is 11.2. The fraction of sp³-hybridized carbons (Fsp3) is 0.439. The third kappa shape index (κ3) is 8.05. The van der Waals surface area contributed by atoms with E-state index in [2.05, 4.69) is 0 Å². The second kappa shape index (κ2) is 18.1. The molecule has 0 spiro atoms. The van der Waals surface area contributed by atoms with Gasteiger partial charge >= 0.3 is 11.9 Å². The number of carboxylic acid groups (broad SMARTS) is 1. The molecule has 4 heterocycles. The number of aliphatic hydroxyl groups excluding tert-OH is 7. The molecule has 11 atom stereocenters. The number of carbonyl (C=O) groups excluding carboxylic acids is 1. The molecule has 0 aliphatic carbocycles. The number of ether oxygens (including phenoxy) is 6. The third-order valence-electron chi connectivity index (χ3n) is 11.2. The summed E-state index contributed by atoms with van der Waals surface area (Å²) in [6.07, 6.45) is -16.3. The minimum Gasteiger partial charge on any atom is -0.507 e. The molecular weight excluding hydrogens is 844 g/mol. The van der Waals surface area contributed by atoms with E-state index in [9.17, 15) is 70.6 Å². The highest BCUT2D eigenvalue weighted by Gasteiger charge is 2.52. The van der Waals surface area contributed by atoms with Gasteiger partial charge in [-0.2, -0.15) is 0 Å². The Morgan fingerprint density at radius 1 is 0.841 bits per heavy atom. The lowest BCUT2D eigenvalue weighted by atomic mass is 9.87. The van der Waals surface area contributed by atoms with E-state index in [0.29, 0.717) is 0 Å². The number of phenolic OH excluding ortho intramolecular Hbond substituents is 4. The maximum atomic E-state index is 14.6. The Bertz CT molecular complexity index is 2480. The standard InChI is InChI=1S/C41H44O22/c1-57-20-7-14(4-5-16(20)45)35-29(40(54)55)28-26-21(9-18(47)36(28)62-35)60-22-8-17(46)25(32(51)27(22)33(26)52)38-39(34(53)30(49)23(11-44)61-38)63-37-19(48)12-58-24(31(37)50)13-59-41(56)15(10-43)3-2-6-42/h3-5,7-9,19,23-24,29-31,34-35,37-39,42-51,53H,2,6,10-13H2,1H3,(H,54,55)/b15-3+/t19-,23-,24+,29-,30-,31+,34+,35+,37+,38+,39-/m1/s1. The zero-order chi connectivity index (χ0) is 45.6. The highest BCUT2D eigenvalue weighted by molar-refractivity contribution is 6.00. The van der Waals surface area contributed by atoms with Gasteiger partial charge in [0.1, 0.15) is 102 Å². The van der Waals surface area contributed by atoms with Crippen LogP contribution in [-0.4, -0.2) is 162 Å². The highest BCUT2D eigenvalue weighted by atomic mass is 16.6. The first-order chi connectivity index (χ1) is 30.1. The maximum Gasteiger partial charge on any atom is 0.336 e. The first-order valence-corrected chi connectivity index (χ1v) is 19.4. The molecular formula is C41H44O22. The minimum absolute atomic E-state index is 0.0287. The maximum absolute atomic E-state index is 14.6. The molecule has 0 unspecified atom stereocenters. The molecule has 3 aliphatic heterocycles. The summed E-state index contributed by atoms with van der Waals surface area (Å²) < 4.78 is 39.4. The lowest BCUT2D eigenvalue weighted by Gasteiger charge is -2.46. The van der Waals surface area contributed by atoms with Gasteiger partial charge in [0.05, 0.1) is 43.5 Å². The number of rotatable bonds is 13. The van der Waals surface area contributed by atoms with Crippen molar-refractivity contribution in [1.29, 1.82) is 0 Å². The minimum atomic E-state index is -2.07. The summed E-state index contributed by atoms with van der Waals surface area (Å²) in [7, 11) is 1.26. The van der Waals surface area contributed by atoms with Crippen molar-refractivity contribution in [3.8, 4) is 34.5 Å². The van der Waals surface area contributed by atoms with Crippen LogP contribution in [-0.2, 0) is 28.5 Å². The van der Waals surface area contributed by atoms with Crippen molar-refractivity contribution in [3.63, 3.8) is 0 Å². The number of hydrogen-bond acceptors (Lipinski definition) is 21. The molecule has 3 aliphatic rings. The Labute approximate surface area is 354 Å². The van der Waals surface area contributed by atoms with Crippen LogP contribution in [0.4, 0.5) is 0 Å². The van der Waals surface area contributed by atoms with Crippen molar-refractivity contribution in [3.05, 3.63) is 68.9 Å². The summed E-state index contributed by atoms with van der Waals surface area (Å²) in [6, 6.07) is 5.69. The molecule has 4 aromatic rings. The van der Waals surface area contributed by atoms with E-state index in [1.165, 1.54) is 31.4 Å². The molecule has 22 nitrogen and oxygen atoms in total. The van der Waals surface area contributed by atoms with E-state index in [4.69, 9.17) is 37.9 Å². The van der Waals surface area contributed by atoms with Crippen LogP contribution in [0.3, 0.4) is 0 Å². The summed E-state index contributed by atoms with van der Waals surface area (Å²) in [5.74, 6) is -7.55. The quantitative estimate of drug-likeness (QED) is 0.0433. The zero-order valence-electron chi connectivity index (χ0n) is 33.0. The van der Waals surface area contributed by atoms with Gasteiger partial charge in [-0.3, -0.25) is 9.59 Å². The number of aliphatic hydroxyl groups is 7. The molecule has 1 aromatic heterocycles. The van der Waals surface area contributed by atoms with Crippen molar-refractivity contribution in [1.82, 2.24) is 0 Å². The largest absolute Gasteiger partial charge is 0.507 e. The second-order valence-corrected chi connectivity index (χ2v) is 15.0. The molecule has 7 rings (SSSR count). The van der Waals surface area contributed by atoms with E-state index >= 15 is 0 Å². The molecule has 0 radical (unpaired) electrons. The van der Waals surface area contributed by atoms with Crippen LogP contribution in [0.5, 0.6) is 34.5 Å². The predicted molar refractivity (Wildman–Crippen MR) is 208 cm³/mol. The normalized spacial score (nSPS) is 28.4. The van der Waals surface area contributed by atoms with Gasteiger partial charge in [-0.25, -0.2) is 4.79 Å². The number of methoxy groups -OCH3 is 1. The van der Waals surface area contributed by atoms with E-state index in [0.717, 1.165) is 12.1 Å². The number of aliphatic carboxylic acids is 1. The molecule has 3 aromatic carbocycles. The van der Waals surface area contributed by atoms with Gasteiger partial charge in [0.2, 0.25) is 5.43 Å². The fourth-order valence-corrected chi connectivity index (χ4v) is 8.11. The van der Waals surface area contributed by atoms with Crippen LogP contribution in [0.15, 0.2) is 51.2 Å². The monoisotopic (exact) mass is 888 g/mol. The van der Waals surface area contributed by atoms with Gasteiger partial charge < -0.3 is 94.1 Å². The summed E-state index contributed by atoms with van der Waals surface area (Å²) in [4.78, 5) is 40.1. The number of aromatic hydroxyl groups is 4. The first kappa shape index (κ1) is 45.2. The van der Waals surface area contributed by atoms with Crippen molar-refractivity contribution < 1.29 is 104 Å². The number of hydrogen-bond donors (Lipinski definition) is 12. The van der Waals surface area contributed by atoms with E-state index in [1.54, 1.807) is 0 Å². The van der Waals surface area contributed by atoms with Crippen LogP contribution in [0.2, 0.25) is 0 Å². The molecule has 63 heavy (non-hydrogen) atoms. The van der Waals surface area contributed by atoms with Crippen LogP contribution in [0, 0.1) is 0 Å². The molecule has 2 saturated heterocycles. The van der Waals surface area contributed by atoms with E-state index in [1.807, 2.05) is 0 Å². The second-order valence-electron chi connectivity index (χ2n) is 15.0. The van der Waals surface area contributed by atoms with Crippen LogP contribution >= 0.6 is 0 Å². The van der Waals surface area contributed by atoms with Crippen molar-refractivity contribution in [2.75, 3.05) is 40.1 Å². The van der Waals surface area contributed by atoms with Crippen molar-refractivity contribution in [2.45, 2.75) is 73.4 Å². The SMILES string of the molecule is COc1cc([C@@H]2Oc3c(O)cc4oc5cc(O)c([C@@H]6O[C@H](CO)[C@@H](O)[C@H](O)[C@H]6O[C@@H]6[C@@H](O)[C@H](COC(=O)/C(=C/CCO)CO)OC[C@H]6O)c(O)c5c(=O)c4c3[C@H]2C(=O)O)ccc1O. The number of carboxylic acids is 1. The zero-order valence-corrected chi connectivity index (χ0v) is 33.0. The van der Waals surface area contributed by atoms with Gasteiger partial charge in [-0.05, 0) is 24.1 Å². The Morgan fingerprint density at radius 2 is 1.56 bits per heavy atom. The van der Waals surface area contributed by atoms with E-state index in [-0.39, 0.29) is 46.8 Å². The van der Waals surface area contributed by atoms with Gasteiger partial charge in [-0.15, -0.1) is 0 Å². The summed E-state index contributed by atoms with van der Waals surface area (Å²) in [6.45, 7) is -3.19. The summed E-state index contributed by atoms with van der Waals surface area (Å²) in [5, 5.41) is 127. The molecule has 0 saturated carbocycles. The number of carbonyl (C=O) groups is 2. The molecule has 0 amide bonds. The Kier molecular flexibility index (Phi) is 13.0. The molecule has 2 fully saturated rings. The molecule has 0 bridgehead atoms. The predicted octanol–water partition coefficient (Wildman–Crippen LogP) is -1.05. The Morgan fingerprint density at radius 3 is 2.22 bits per heavy atom.